The van der Waals surface area contributed by atoms with Crippen molar-refractivity contribution in [3.63, 3.8) is 0 Å². The quantitative estimate of drug-likeness (QED) is 0.716. The Morgan fingerprint density at radius 3 is 2.50 bits per heavy atom. The van der Waals surface area contributed by atoms with E-state index in [2.05, 4.69) is 10.3 Å². The van der Waals surface area contributed by atoms with Gasteiger partial charge >= 0.3 is 0 Å². The molecule has 0 bridgehead atoms. The van der Waals surface area contributed by atoms with Crippen LogP contribution < -0.4 is 0 Å². The molecule has 0 saturated heterocycles. The zero-order valence-electron chi connectivity index (χ0n) is 8.64. The van der Waals surface area contributed by atoms with Crippen molar-refractivity contribution < 1.29 is 10.2 Å². The summed E-state index contributed by atoms with van der Waals surface area (Å²) < 4.78 is 1.57. The van der Waals surface area contributed by atoms with Crippen LogP contribution in [0.1, 0.15) is 32.4 Å². The Kier molecular flexibility index (Phi) is 3.60. The number of aliphatic hydroxyl groups is 2. The summed E-state index contributed by atoms with van der Waals surface area (Å²) in [7, 11) is 0. The molecule has 1 aromatic rings. The predicted octanol–water partition coefficient (Wildman–Crippen LogP) is 0.321. The Balaban J connectivity index is 2.67. The molecule has 0 spiro atoms. The first-order valence-electron chi connectivity index (χ1n) is 4.85. The third kappa shape index (κ3) is 2.52. The van der Waals surface area contributed by atoms with E-state index in [4.69, 9.17) is 5.11 Å². The van der Waals surface area contributed by atoms with E-state index in [1.165, 1.54) is 0 Å². The van der Waals surface area contributed by atoms with Gasteiger partial charge in [0.15, 0.2) is 0 Å². The summed E-state index contributed by atoms with van der Waals surface area (Å²) in [5.41, 5.74) is -0.194. The van der Waals surface area contributed by atoms with E-state index < -0.39 is 5.60 Å². The Labute approximate surface area is 83.4 Å². The minimum absolute atomic E-state index is 0.114. The second-order valence-corrected chi connectivity index (χ2v) is 3.50. The maximum absolute atomic E-state index is 10.0. The highest BCUT2D eigenvalue weighted by Gasteiger charge is 2.23. The normalized spacial score (nSPS) is 12.0. The second-order valence-electron chi connectivity index (χ2n) is 3.50. The first-order chi connectivity index (χ1) is 6.63. The van der Waals surface area contributed by atoms with Crippen LogP contribution in [0, 0.1) is 0 Å². The molecule has 0 fully saturated rings. The molecule has 0 aliphatic rings. The molecule has 0 atom stereocenters. The van der Waals surface area contributed by atoms with Gasteiger partial charge in [-0.15, -0.1) is 5.10 Å². The largest absolute Gasteiger partial charge is 0.390 e. The summed E-state index contributed by atoms with van der Waals surface area (Å²) in [6, 6.07) is 0. The van der Waals surface area contributed by atoms with Crippen molar-refractivity contribution in [1.29, 1.82) is 0 Å². The van der Waals surface area contributed by atoms with Crippen molar-refractivity contribution in [2.24, 2.45) is 0 Å². The highest BCUT2D eigenvalue weighted by molar-refractivity contribution is 4.90. The van der Waals surface area contributed by atoms with Crippen LogP contribution in [0.15, 0.2) is 6.20 Å². The topological polar surface area (TPSA) is 71.2 Å². The number of hydrogen-bond donors (Lipinski definition) is 2. The average Bonchev–Trinajstić information content (AvgIpc) is 2.65. The van der Waals surface area contributed by atoms with Crippen molar-refractivity contribution in [3.8, 4) is 0 Å². The molecule has 2 N–H and O–H groups in total. The molecule has 0 saturated carbocycles. The maximum Gasteiger partial charge on any atom is 0.108 e. The highest BCUT2D eigenvalue weighted by Crippen LogP contribution is 2.16. The summed E-state index contributed by atoms with van der Waals surface area (Å²) in [6.45, 7) is 4.18. The molecule has 1 aromatic heterocycles. The van der Waals surface area contributed by atoms with E-state index in [9.17, 15) is 5.11 Å². The van der Waals surface area contributed by atoms with Crippen molar-refractivity contribution in [1.82, 2.24) is 15.0 Å². The standard InChI is InChI=1S/C9H17N3O2/c1-3-9(14,4-2)7-12-5-8(6-13)10-11-12/h5,13-14H,3-4,6-7H2,1-2H3. The van der Waals surface area contributed by atoms with Gasteiger partial charge in [0.1, 0.15) is 5.69 Å². The average molecular weight is 199 g/mol. The van der Waals surface area contributed by atoms with E-state index in [1.54, 1.807) is 10.9 Å². The molecule has 0 radical (unpaired) electrons. The number of nitrogens with zero attached hydrogens (tertiary/aromatic N) is 3. The van der Waals surface area contributed by atoms with E-state index in [0.717, 1.165) is 0 Å². The van der Waals surface area contributed by atoms with Crippen LogP contribution in [-0.4, -0.2) is 30.8 Å². The summed E-state index contributed by atoms with van der Waals surface area (Å²) >= 11 is 0. The van der Waals surface area contributed by atoms with Gasteiger partial charge < -0.3 is 10.2 Å². The molecule has 5 heteroatoms. The van der Waals surface area contributed by atoms with Gasteiger partial charge in [0.25, 0.3) is 0 Å². The maximum atomic E-state index is 10.0. The molecule has 5 nitrogen and oxygen atoms in total. The van der Waals surface area contributed by atoms with Gasteiger partial charge in [0.2, 0.25) is 0 Å². The molecule has 14 heavy (non-hydrogen) atoms. The zero-order chi connectivity index (χ0) is 10.6. The molecule has 0 amide bonds. The van der Waals surface area contributed by atoms with Crippen LogP contribution in [0.5, 0.6) is 0 Å². The lowest BCUT2D eigenvalue weighted by molar-refractivity contribution is 0.0114. The minimum atomic E-state index is -0.722. The van der Waals surface area contributed by atoms with Crippen LogP contribution in [0.2, 0.25) is 0 Å². The van der Waals surface area contributed by atoms with Crippen LogP contribution in [0.3, 0.4) is 0 Å². The molecule has 0 aliphatic carbocycles. The van der Waals surface area contributed by atoms with Gasteiger partial charge in [0, 0.05) is 0 Å². The van der Waals surface area contributed by atoms with Crippen molar-refractivity contribution >= 4 is 0 Å². The summed E-state index contributed by atoms with van der Waals surface area (Å²) in [4.78, 5) is 0. The van der Waals surface area contributed by atoms with Crippen LogP contribution in [0.4, 0.5) is 0 Å². The third-order valence-corrected chi connectivity index (χ3v) is 2.52. The molecule has 80 valence electrons. The third-order valence-electron chi connectivity index (χ3n) is 2.52. The van der Waals surface area contributed by atoms with Gasteiger partial charge in [-0.05, 0) is 12.8 Å². The van der Waals surface area contributed by atoms with E-state index in [-0.39, 0.29) is 6.61 Å². The Morgan fingerprint density at radius 1 is 1.43 bits per heavy atom. The van der Waals surface area contributed by atoms with Gasteiger partial charge in [-0.1, -0.05) is 19.1 Å². The first kappa shape index (κ1) is 11.1. The molecule has 1 rings (SSSR count). The lowest BCUT2D eigenvalue weighted by atomic mass is 9.98. The zero-order valence-corrected chi connectivity index (χ0v) is 8.64. The SMILES string of the molecule is CCC(O)(CC)Cn1cc(CO)nn1. The Hall–Kier alpha value is -0.940. The highest BCUT2D eigenvalue weighted by atomic mass is 16.3. The number of rotatable bonds is 5. The van der Waals surface area contributed by atoms with E-state index in [1.807, 2.05) is 13.8 Å². The fraction of sp³-hybridized carbons (Fsp3) is 0.778. The van der Waals surface area contributed by atoms with Crippen molar-refractivity contribution in [3.05, 3.63) is 11.9 Å². The molecule has 1 heterocycles. The molecule has 0 aromatic carbocycles. The Bertz CT molecular complexity index is 281. The molecule has 0 unspecified atom stereocenters. The van der Waals surface area contributed by atoms with Gasteiger partial charge in [-0.2, -0.15) is 0 Å². The van der Waals surface area contributed by atoms with E-state index >= 15 is 0 Å². The summed E-state index contributed by atoms with van der Waals surface area (Å²) in [6.07, 6.45) is 3.01. The van der Waals surface area contributed by atoms with Crippen molar-refractivity contribution in [2.75, 3.05) is 0 Å². The Morgan fingerprint density at radius 2 is 2.07 bits per heavy atom. The lowest BCUT2D eigenvalue weighted by Gasteiger charge is -2.24. The van der Waals surface area contributed by atoms with Crippen LogP contribution in [0.25, 0.3) is 0 Å². The number of aromatic nitrogens is 3. The molecule has 0 aliphatic heterocycles. The van der Waals surface area contributed by atoms with Crippen LogP contribution >= 0.6 is 0 Å². The number of aliphatic hydroxyl groups excluding tert-OH is 1. The first-order valence-corrected chi connectivity index (χ1v) is 4.85. The number of hydrogen-bond acceptors (Lipinski definition) is 4. The fourth-order valence-electron chi connectivity index (χ4n) is 1.26. The van der Waals surface area contributed by atoms with Gasteiger partial charge in [-0.25, -0.2) is 4.68 Å². The lowest BCUT2D eigenvalue weighted by Crippen LogP contribution is -2.32. The second kappa shape index (κ2) is 4.52. The van der Waals surface area contributed by atoms with E-state index in [0.29, 0.717) is 25.1 Å². The smallest absolute Gasteiger partial charge is 0.108 e. The minimum Gasteiger partial charge on any atom is -0.390 e. The molecular formula is C9H17N3O2. The fourth-order valence-corrected chi connectivity index (χ4v) is 1.26. The molecular weight excluding hydrogens is 182 g/mol. The predicted molar refractivity (Wildman–Crippen MR) is 51.5 cm³/mol. The van der Waals surface area contributed by atoms with Crippen molar-refractivity contribution in [2.45, 2.75) is 45.4 Å². The van der Waals surface area contributed by atoms with Gasteiger partial charge in [-0.3, -0.25) is 0 Å². The summed E-state index contributed by atoms with van der Waals surface area (Å²) in [5, 5.41) is 26.4. The monoisotopic (exact) mass is 199 g/mol. The summed E-state index contributed by atoms with van der Waals surface area (Å²) in [5.74, 6) is 0. The van der Waals surface area contributed by atoms with Crippen LogP contribution in [-0.2, 0) is 13.2 Å². The van der Waals surface area contributed by atoms with Gasteiger partial charge in [0.05, 0.1) is 24.9 Å².